The fourth-order valence-corrected chi connectivity index (χ4v) is 2.01. The van der Waals surface area contributed by atoms with Gasteiger partial charge in [-0.2, -0.15) is 0 Å². The molecule has 0 unspecified atom stereocenters. The van der Waals surface area contributed by atoms with Gasteiger partial charge in [0.15, 0.2) is 0 Å². The summed E-state index contributed by atoms with van der Waals surface area (Å²) in [6.45, 7) is 5.58. The number of amides is 1. The zero-order chi connectivity index (χ0) is 14.4. The molecule has 1 aliphatic rings. The Labute approximate surface area is 119 Å². The quantitative estimate of drug-likeness (QED) is 0.808. The average molecular weight is 278 g/mol. The molecule has 3 N–H and O–H groups in total. The Morgan fingerprint density at radius 1 is 1.50 bits per heavy atom. The Morgan fingerprint density at radius 3 is 2.85 bits per heavy atom. The SMILES string of the molecule is CC[C@H](N)C(=O)NCc1ccc(N2CCOCC2)nc1. The van der Waals surface area contributed by atoms with E-state index in [9.17, 15) is 4.79 Å². The van der Waals surface area contributed by atoms with Gasteiger partial charge in [-0.1, -0.05) is 13.0 Å². The molecule has 20 heavy (non-hydrogen) atoms. The number of aromatic nitrogens is 1. The van der Waals surface area contributed by atoms with Crippen LogP contribution in [0.2, 0.25) is 0 Å². The van der Waals surface area contributed by atoms with E-state index in [1.165, 1.54) is 0 Å². The van der Waals surface area contributed by atoms with E-state index < -0.39 is 6.04 Å². The van der Waals surface area contributed by atoms with Crippen LogP contribution in [-0.4, -0.2) is 43.2 Å². The lowest BCUT2D eigenvalue weighted by Crippen LogP contribution is -2.39. The van der Waals surface area contributed by atoms with Crippen LogP contribution in [0, 0.1) is 0 Å². The van der Waals surface area contributed by atoms with Crippen molar-refractivity contribution in [3.63, 3.8) is 0 Å². The molecule has 0 saturated carbocycles. The first-order valence-electron chi connectivity index (χ1n) is 7.01. The summed E-state index contributed by atoms with van der Waals surface area (Å²) in [5.41, 5.74) is 6.63. The highest BCUT2D eigenvalue weighted by molar-refractivity contribution is 5.81. The van der Waals surface area contributed by atoms with Crippen LogP contribution in [-0.2, 0) is 16.1 Å². The molecule has 2 heterocycles. The highest BCUT2D eigenvalue weighted by atomic mass is 16.5. The zero-order valence-corrected chi connectivity index (χ0v) is 11.8. The van der Waals surface area contributed by atoms with Crippen LogP contribution in [0.25, 0.3) is 0 Å². The number of rotatable bonds is 5. The molecular weight excluding hydrogens is 256 g/mol. The molecule has 0 bridgehead atoms. The Bertz CT molecular complexity index is 429. The van der Waals surface area contributed by atoms with Gasteiger partial charge >= 0.3 is 0 Å². The van der Waals surface area contributed by atoms with Crippen LogP contribution in [0.5, 0.6) is 0 Å². The van der Waals surface area contributed by atoms with E-state index in [1.807, 2.05) is 19.1 Å². The highest BCUT2D eigenvalue weighted by Crippen LogP contribution is 2.12. The zero-order valence-electron chi connectivity index (χ0n) is 11.8. The Kier molecular flexibility index (Phi) is 5.31. The molecule has 1 fully saturated rings. The molecule has 0 spiro atoms. The number of anilines is 1. The van der Waals surface area contributed by atoms with E-state index in [1.54, 1.807) is 6.20 Å². The number of nitrogens with one attached hydrogen (secondary N) is 1. The van der Waals surface area contributed by atoms with E-state index in [2.05, 4.69) is 15.2 Å². The third-order valence-electron chi connectivity index (χ3n) is 3.39. The highest BCUT2D eigenvalue weighted by Gasteiger charge is 2.13. The van der Waals surface area contributed by atoms with Gasteiger partial charge in [0.1, 0.15) is 5.82 Å². The maximum Gasteiger partial charge on any atom is 0.237 e. The van der Waals surface area contributed by atoms with Crippen molar-refractivity contribution in [1.82, 2.24) is 10.3 Å². The summed E-state index contributed by atoms with van der Waals surface area (Å²) < 4.78 is 5.31. The van der Waals surface area contributed by atoms with Gasteiger partial charge in [-0.3, -0.25) is 4.79 Å². The second kappa shape index (κ2) is 7.21. The summed E-state index contributed by atoms with van der Waals surface area (Å²) in [6.07, 6.45) is 2.43. The topological polar surface area (TPSA) is 80.5 Å². The lowest BCUT2D eigenvalue weighted by atomic mass is 10.2. The van der Waals surface area contributed by atoms with Crippen LogP contribution in [0.1, 0.15) is 18.9 Å². The van der Waals surface area contributed by atoms with Crippen molar-refractivity contribution < 1.29 is 9.53 Å². The summed E-state index contributed by atoms with van der Waals surface area (Å²) in [6, 6.07) is 3.53. The molecule has 1 amide bonds. The van der Waals surface area contributed by atoms with Crippen LogP contribution >= 0.6 is 0 Å². The Hall–Kier alpha value is -1.66. The summed E-state index contributed by atoms with van der Waals surface area (Å²) in [5, 5.41) is 2.81. The molecule has 0 aliphatic carbocycles. The van der Waals surface area contributed by atoms with E-state index in [-0.39, 0.29) is 5.91 Å². The molecule has 1 aromatic rings. The largest absolute Gasteiger partial charge is 0.378 e. The van der Waals surface area contributed by atoms with Crippen molar-refractivity contribution in [2.24, 2.45) is 5.73 Å². The molecule has 2 rings (SSSR count). The number of hydrogen-bond donors (Lipinski definition) is 2. The minimum Gasteiger partial charge on any atom is -0.378 e. The van der Waals surface area contributed by atoms with Crippen molar-refractivity contribution in [2.75, 3.05) is 31.2 Å². The molecule has 1 aromatic heterocycles. The maximum atomic E-state index is 11.6. The number of nitrogens with zero attached hydrogens (tertiary/aromatic N) is 2. The van der Waals surface area contributed by atoms with Gasteiger partial charge in [-0.25, -0.2) is 4.98 Å². The number of carbonyl (C=O) groups is 1. The molecular formula is C14H22N4O2. The summed E-state index contributed by atoms with van der Waals surface area (Å²) in [7, 11) is 0. The van der Waals surface area contributed by atoms with Crippen molar-refractivity contribution in [2.45, 2.75) is 25.9 Å². The third kappa shape index (κ3) is 3.91. The van der Waals surface area contributed by atoms with E-state index >= 15 is 0 Å². The second-order valence-electron chi connectivity index (χ2n) is 4.86. The number of pyridine rings is 1. The molecule has 6 nitrogen and oxygen atoms in total. The lowest BCUT2D eigenvalue weighted by Gasteiger charge is -2.27. The first-order chi connectivity index (χ1) is 9.70. The van der Waals surface area contributed by atoms with Gasteiger partial charge in [-0.05, 0) is 18.1 Å². The van der Waals surface area contributed by atoms with Gasteiger partial charge in [0, 0.05) is 25.8 Å². The van der Waals surface area contributed by atoms with Crippen molar-refractivity contribution in [3.05, 3.63) is 23.9 Å². The normalized spacial score (nSPS) is 16.8. The van der Waals surface area contributed by atoms with Crippen LogP contribution in [0.4, 0.5) is 5.82 Å². The van der Waals surface area contributed by atoms with Crippen LogP contribution in [0.15, 0.2) is 18.3 Å². The van der Waals surface area contributed by atoms with E-state index in [0.717, 1.165) is 37.7 Å². The standard InChI is InChI=1S/C14H22N4O2/c1-2-12(15)14(19)17-10-11-3-4-13(16-9-11)18-5-7-20-8-6-18/h3-4,9,12H,2,5-8,10,15H2,1H3,(H,17,19)/t12-/m0/s1. The van der Waals surface area contributed by atoms with Crippen LogP contribution < -0.4 is 16.0 Å². The van der Waals surface area contributed by atoms with Crippen molar-refractivity contribution in [3.8, 4) is 0 Å². The predicted octanol–water partition coefficient (Wildman–Crippen LogP) is 0.272. The Balaban J connectivity index is 1.86. The third-order valence-corrected chi connectivity index (χ3v) is 3.39. The number of hydrogen-bond acceptors (Lipinski definition) is 5. The smallest absolute Gasteiger partial charge is 0.237 e. The van der Waals surface area contributed by atoms with E-state index in [0.29, 0.717) is 13.0 Å². The number of nitrogens with two attached hydrogens (primary N) is 1. The first-order valence-corrected chi connectivity index (χ1v) is 7.01. The molecule has 1 saturated heterocycles. The molecule has 0 radical (unpaired) electrons. The molecule has 1 atom stereocenters. The summed E-state index contributed by atoms with van der Waals surface area (Å²) in [5.74, 6) is 0.832. The van der Waals surface area contributed by atoms with Crippen molar-refractivity contribution >= 4 is 11.7 Å². The van der Waals surface area contributed by atoms with Gasteiger partial charge in [-0.15, -0.1) is 0 Å². The fraction of sp³-hybridized carbons (Fsp3) is 0.571. The maximum absolute atomic E-state index is 11.6. The van der Waals surface area contributed by atoms with Gasteiger partial charge < -0.3 is 20.7 Å². The summed E-state index contributed by atoms with van der Waals surface area (Å²) >= 11 is 0. The number of ether oxygens (including phenoxy) is 1. The number of morpholine rings is 1. The average Bonchev–Trinajstić information content (AvgIpc) is 2.53. The molecule has 0 aromatic carbocycles. The van der Waals surface area contributed by atoms with Gasteiger partial charge in [0.2, 0.25) is 5.91 Å². The van der Waals surface area contributed by atoms with E-state index in [4.69, 9.17) is 10.5 Å². The van der Waals surface area contributed by atoms with Gasteiger partial charge in [0.05, 0.1) is 19.3 Å². The molecule has 6 heteroatoms. The predicted molar refractivity (Wildman–Crippen MR) is 77.4 cm³/mol. The van der Waals surface area contributed by atoms with Crippen LogP contribution in [0.3, 0.4) is 0 Å². The number of carbonyl (C=O) groups excluding carboxylic acids is 1. The monoisotopic (exact) mass is 278 g/mol. The molecule has 1 aliphatic heterocycles. The minimum absolute atomic E-state index is 0.121. The fourth-order valence-electron chi connectivity index (χ4n) is 2.01. The lowest BCUT2D eigenvalue weighted by molar-refractivity contribution is -0.122. The van der Waals surface area contributed by atoms with Crippen molar-refractivity contribution in [1.29, 1.82) is 0 Å². The summed E-state index contributed by atoms with van der Waals surface area (Å²) in [4.78, 5) is 18.2. The first kappa shape index (κ1) is 14.7. The Morgan fingerprint density at radius 2 is 2.25 bits per heavy atom. The molecule has 110 valence electrons. The van der Waals surface area contributed by atoms with Gasteiger partial charge in [0.25, 0.3) is 0 Å². The minimum atomic E-state index is -0.435. The second-order valence-corrected chi connectivity index (χ2v) is 4.86.